The Labute approximate surface area is 141 Å². The van der Waals surface area contributed by atoms with Gasteiger partial charge in [0.25, 0.3) is 5.91 Å². The Morgan fingerprint density at radius 2 is 2.12 bits per heavy atom. The van der Waals surface area contributed by atoms with E-state index in [4.69, 9.17) is 5.73 Å². The Morgan fingerprint density at radius 1 is 1.29 bits per heavy atom. The van der Waals surface area contributed by atoms with Crippen molar-refractivity contribution in [3.63, 3.8) is 0 Å². The van der Waals surface area contributed by atoms with Crippen LogP contribution < -0.4 is 10.6 Å². The second-order valence-corrected chi connectivity index (χ2v) is 6.28. The SMILES string of the molecule is Cc1nc(C[C@H]2CCCN(c3ccnc(C)n3)C2)cc(C(N)=O)n1. The number of aryl methyl sites for hydroxylation is 2. The summed E-state index contributed by atoms with van der Waals surface area (Å²) in [5.74, 6) is 2.30. The summed E-state index contributed by atoms with van der Waals surface area (Å²) in [4.78, 5) is 30.9. The first-order valence-corrected chi connectivity index (χ1v) is 8.20. The maximum atomic E-state index is 11.4. The highest BCUT2D eigenvalue weighted by molar-refractivity contribution is 5.90. The first kappa shape index (κ1) is 16.3. The lowest BCUT2D eigenvalue weighted by Crippen LogP contribution is -2.37. The molecule has 1 aliphatic rings. The van der Waals surface area contributed by atoms with Gasteiger partial charge in [-0.25, -0.2) is 19.9 Å². The van der Waals surface area contributed by atoms with Crippen LogP contribution in [0.1, 0.15) is 40.7 Å². The van der Waals surface area contributed by atoms with Crippen LogP contribution >= 0.6 is 0 Å². The number of nitrogens with two attached hydrogens (primary N) is 1. The second-order valence-electron chi connectivity index (χ2n) is 6.28. The maximum absolute atomic E-state index is 11.4. The van der Waals surface area contributed by atoms with Gasteiger partial charge in [0.15, 0.2) is 0 Å². The summed E-state index contributed by atoms with van der Waals surface area (Å²) < 4.78 is 0. The van der Waals surface area contributed by atoms with E-state index in [0.29, 0.717) is 11.7 Å². The molecule has 0 bridgehead atoms. The minimum absolute atomic E-state index is 0.289. The Hall–Kier alpha value is -2.57. The lowest BCUT2D eigenvalue weighted by Gasteiger charge is -2.33. The van der Waals surface area contributed by atoms with Crippen molar-refractivity contribution in [3.05, 3.63) is 41.4 Å². The average Bonchev–Trinajstić information content (AvgIpc) is 2.54. The molecule has 3 heterocycles. The van der Waals surface area contributed by atoms with E-state index in [-0.39, 0.29) is 5.69 Å². The molecule has 24 heavy (non-hydrogen) atoms. The molecule has 0 aliphatic carbocycles. The van der Waals surface area contributed by atoms with Crippen molar-refractivity contribution in [2.45, 2.75) is 33.1 Å². The molecule has 2 aromatic heterocycles. The predicted octanol–water partition coefficient (Wildman–Crippen LogP) is 1.44. The highest BCUT2D eigenvalue weighted by Gasteiger charge is 2.22. The molecular weight excluding hydrogens is 304 g/mol. The largest absolute Gasteiger partial charge is 0.364 e. The smallest absolute Gasteiger partial charge is 0.267 e. The number of nitrogens with zero attached hydrogens (tertiary/aromatic N) is 5. The molecule has 0 radical (unpaired) electrons. The molecule has 3 rings (SSSR count). The van der Waals surface area contributed by atoms with Gasteiger partial charge in [-0.3, -0.25) is 4.79 Å². The number of aromatic nitrogens is 4. The van der Waals surface area contributed by atoms with Gasteiger partial charge >= 0.3 is 0 Å². The van der Waals surface area contributed by atoms with Crippen LogP contribution in [0.4, 0.5) is 5.82 Å². The van der Waals surface area contributed by atoms with Crippen LogP contribution in [0.15, 0.2) is 18.3 Å². The quantitative estimate of drug-likeness (QED) is 0.913. The van der Waals surface area contributed by atoms with Gasteiger partial charge in [-0.2, -0.15) is 0 Å². The van der Waals surface area contributed by atoms with Crippen LogP contribution in [-0.2, 0) is 6.42 Å². The Balaban J connectivity index is 1.73. The molecule has 1 saturated heterocycles. The van der Waals surface area contributed by atoms with E-state index >= 15 is 0 Å². The number of carbonyl (C=O) groups is 1. The van der Waals surface area contributed by atoms with Crippen LogP contribution in [0.5, 0.6) is 0 Å². The minimum Gasteiger partial charge on any atom is -0.364 e. The predicted molar refractivity (Wildman–Crippen MR) is 90.7 cm³/mol. The van der Waals surface area contributed by atoms with Crippen molar-refractivity contribution in [1.82, 2.24) is 19.9 Å². The van der Waals surface area contributed by atoms with Crippen LogP contribution in [0.2, 0.25) is 0 Å². The maximum Gasteiger partial charge on any atom is 0.267 e. The van der Waals surface area contributed by atoms with Crippen LogP contribution in [-0.4, -0.2) is 38.9 Å². The van der Waals surface area contributed by atoms with Crippen LogP contribution in [0.3, 0.4) is 0 Å². The molecule has 126 valence electrons. The van der Waals surface area contributed by atoms with Gasteiger partial charge in [0.2, 0.25) is 0 Å². The summed E-state index contributed by atoms with van der Waals surface area (Å²) in [6.07, 6.45) is 4.86. The van der Waals surface area contributed by atoms with Gasteiger partial charge in [-0.05, 0) is 51.2 Å². The minimum atomic E-state index is -0.511. The van der Waals surface area contributed by atoms with Crippen molar-refractivity contribution >= 4 is 11.7 Å². The summed E-state index contributed by atoms with van der Waals surface area (Å²) >= 11 is 0. The Bertz CT molecular complexity index is 748. The molecular formula is C17H22N6O. The van der Waals surface area contributed by atoms with E-state index in [2.05, 4.69) is 24.8 Å². The van der Waals surface area contributed by atoms with Gasteiger partial charge in [0.1, 0.15) is 23.2 Å². The van der Waals surface area contributed by atoms with Crippen LogP contribution in [0, 0.1) is 19.8 Å². The number of anilines is 1. The second kappa shape index (κ2) is 6.90. The zero-order valence-corrected chi connectivity index (χ0v) is 14.1. The highest BCUT2D eigenvalue weighted by atomic mass is 16.1. The number of amides is 1. The molecule has 1 aliphatic heterocycles. The molecule has 2 aromatic rings. The zero-order chi connectivity index (χ0) is 17.1. The number of primary amides is 1. The van der Waals surface area contributed by atoms with Crippen molar-refractivity contribution < 1.29 is 4.79 Å². The Morgan fingerprint density at radius 3 is 2.88 bits per heavy atom. The molecule has 1 amide bonds. The lowest BCUT2D eigenvalue weighted by atomic mass is 9.93. The lowest BCUT2D eigenvalue weighted by molar-refractivity contribution is 0.0995. The first-order chi connectivity index (χ1) is 11.5. The summed E-state index contributed by atoms with van der Waals surface area (Å²) in [6.45, 7) is 5.61. The van der Waals surface area contributed by atoms with E-state index < -0.39 is 5.91 Å². The topological polar surface area (TPSA) is 97.9 Å². The number of rotatable bonds is 4. The molecule has 7 heteroatoms. The number of carbonyl (C=O) groups excluding carboxylic acids is 1. The summed E-state index contributed by atoms with van der Waals surface area (Å²) in [7, 11) is 0. The number of hydrogen-bond donors (Lipinski definition) is 1. The van der Waals surface area contributed by atoms with E-state index in [1.165, 1.54) is 0 Å². The van der Waals surface area contributed by atoms with Gasteiger partial charge < -0.3 is 10.6 Å². The molecule has 1 atom stereocenters. The van der Waals surface area contributed by atoms with Crippen LogP contribution in [0.25, 0.3) is 0 Å². The van der Waals surface area contributed by atoms with E-state index in [0.717, 1.165) is 49.7 Å². The normalized spacial score (nSPS) is 17.8. The van der Waals surface area contributed by atoms with Crippen molar-refractivity contribution in [1.29, 1.82) is 0 Å². The first-order valence-electron chi connectivity index (χ1n) is 8.20. The fraction of sp³-hybridized carbons (Fsp3) is 0.471. The summed E-state index contributed by atoms with van der Waals surface area (Å²) in [6, 6.07) is 3.67. The van der Waals surface area contributed by atoms with Crippen molar-refractivity contribution in [2.24, 2.45) is 11.7 Å². The summed E-state index contributed by atoms with van der Waals surface area (Å²) in [5, 5.41) is 0. The molecule has 2 N–H and O–H groups in total. The van der Waals surface area contributed by atoms with E-state index in [9.17, 15) is 4.79 Å². The summed E-state index contributed by atoms with van der Waals surface area (Å²) in [5.41, 5.74) is 6.51. The van der Waals surface area contributed by atoms with E-state index in [1.807, 2.05) is 13.0 Å². The number of piperidine rings is 1. The third kappa shape index (κ3) is 3.84. The van der Waals surface area contributed by atoms with Gasteiger partial charge in [0, 0.05) is 25.0 Å². The van der Waals surface area contributed by atoms with Gasteiger partial charge in [-0.1, -0.05) is 0 Å². The fourth-order valence-electron chi connectivity index (χ4n) is 3.22. The van der Waals surface area contributed by atoms with Crippen molar-refractivity contribution in [2.75, 3.05) is 18.0 Å². The molecule has 0 saturated carbocycles. The van der Waals surface area contributed by atoms with E-state index in [1.54, 1.807) is 19.2 Å². The standard InChI is InChI=1S/C17H22N6O/c1-11-19-6-5-16(22-11)23-7-3-4-13(10-23)8-14-9-15(17(18)24)21-12(2)20-14/h5-6,9,13H,3-4,7-8,10H2,1-2H3,(H2,18,24)/t13-/m1/s1. The molecule has 1 fully saturated rings. The fourth-order valence-corrected chi connectivity index (χ4v) is 3.22. The molecule has 0 unspecified atom stereocenters. The van der Waals surface area contributed by atoms with Crippen molar-refractivity contribution in [3.8, 4) is 0 Å². The molecule has 7 nitrogen and oxygen atoms in total. The monoisotopic (exact) mass is 326 g/mol. The average molecular weight is 326 g/mol. The Kier molecular flexibility index (Phi) is 4.69. The van der Waals surface area contributed by atoms with Gasteiger partial charge in [0.05, 0.1) is 0 Å². The number of hydrogen-bond acceptors (Lipinski definition) is 6. The molecule has 0 spiro atoms. The third-order valence-electron chi connectivity index (χ3n) is 4.25. The highest BCUT2D eigenvalue weighted by Crippen LogP contribution is 2.24. The van der Waals surface area contributed by atoms with Gasteiger partial charge in [-0.15, -0.1) is 0 Å². The third-order valence-corrected chi connectivity index (χ3v) is 4.25. The zero-order valence-electron chi connectivity index (χ0n) is 14.1. The molecule has 0 aromatic carbocycles.